The van der Waals surface area contributed by atoms with E-state index in [1.165, 1.54) is 0 Å². The first-order valence-corrected chi connectivity index (χ1v) is 4.35. The fourth-order valence-electron chi connectivity index (χ4n) is 1.26. The number of rotatable bonds is 2. The lowest BCUT2D eigenvalue weighted by atomic mass is 10.2. The van der Waals surface area contributed by atoms with E-state index in [9.17, 15) is 0 Å². The highest BCUT2D eigenvalue weighted by Gasteiger charge is 2.01. The normalized spacial score (nSPS) is 9.62. The standard InChI is InChI=1S/C10H13N3/c1-3-5-13-6-4-8(2)9(7-11)10(13)12/h4,6,12H,3,5H2,1-2H3. The predicted molar refractivity (Wildman–Crippen MR) is 50.0 cm³/mol. The first kappa shape index (κ1) is 9.53. The van der Waals surface area contributed by atoms with E-state index in [1.54, 1.807) is 4.57 Å². The predicted octanol–water partition coefficient (Wildman–Crippen LogP) is 1.56. The Kier molecular flexibility index (Phi) is 2.86. The molecule has 0 unspecified atom stereocenters. The Bertz CT molecular complexity index is 396. The van der Waals surface area contributed by atoms with Crippen molar-refractivity contribution in [2.24, 2.45) is 0 Å². The average Bonchev–Trinajstić information content (AvgIpc) is 2.11. The molecule has 1 rings (SSSR count). The van der Waals surface area contributed by atoms with Crippen LogP contribution in [0.15, 0.2) is 12.3 Å². The van der Waals surface area contributed by atoms with Crippen LogP contribution in [-0.2, 0) is 6.54 Å². The van der Waals surface area contributed by atoms with Crippen LogP contribution in [0.1, 0.15) is 24.5 Å². The fraction of sp³-hybridized carbons (Fsp3) is 0.400. The van der Waals surface area contributed by atoms with Crippen LogP contribution in [0, 0.1) is 23.7 Å². The molecule has 0 fully saturated rings. The summed E-state index contributed by atoms with van der Waals surface area (Å²) in [7, 11) is 0. The molecule has 3 heteroatoms. The number of hydrogen-bond acceptors (Lipinski definition) is 2. The van der Waals surface area contributed by atoms with Crippen LogP contribution >= 0.6 is 0 Å². The van der Waals surface area contributed by atoms with Crippen LogP contribution in [0.3, 0.4) is 0 Å². The number of nitrogens with one attached hydrogen (secondary N) is 1. The monoisotopic (exact) mass is 175 g/mol. The van der Waals surface area contributed by atoms with Crippen molar-refractivity contribution in [3.63, 3.8) is 0 Å². The second-order valence-electron chi connectivity index (χ2n) is 3.03. The van der Waals surface area contributed by atoms with Crippen molar-refractivity contribution in [2.75, 3.05) is 0 Å². The van der Waals surface area contributed by atoms with E-state index in [0.717, 1.165) is 18.5 Å². The third-order valence-electron chi connectivity index (χ3n) is 2.00. The maximum absolute atomic E-state index is 8.81. The highest BCUT2D eigenvalue weighted by molar-refractivity contribution is 5.33. The van der Waals surface area contributed by atoms with E-state index in [0.29, 0.717) is 11.1 Å². The summed E-state index contributed by atoms with van der Waals surface area (Å²) in [6.07, 6.45) is 2.84. The van der Waals surface area contributed by atoms with Crippen molar-refractivity contribution in [1.29, 1.82) is 10.7 Å². The number of aromatic nitrogens is 1. The molecule has 13 heavy (non-hydrogen) atoms. The number of aryl methyl sites for hydroxylation is 2. The van der Waals surface area contributed by atoms with Gasteiger partial charge in [-0.25, -0.2) is 0 Å². The number of nitriles is 1. The fourth-order valence-corrected chi connectivity index (χ4v) is 1.26. The number of nitrogens with zero attached hydrogens (tertiary/aromatic N) is 2. The minimum Gasteiger partial charge on any atom is -0.332 e. The highest BCUT2D eigenvalue weighted by atomic mass is 15.0. The lowest BCUT2D eigenvalue weighted by molar-refractivity contribution is 0.634. The van der Waals surface area contributed by atoms with E-state index < -0.39 is 0 Å². The van der Waals surface area contributed by atoms with Gasteiger partial charge in [0.05, 0.1) is 5.56 Å². The molecule has 68 valence electrons. The zero-order valence-corrected chi connectivity index (χ0v) is 7.96. The molecule has 0 bridgehead atoms. The summed E-state index contributed by atoms with van der Waals surface area (Å²) in [5.41, 5.74) is 1.68. The van der Waals surface area contributed by atoms with Crippen LogP contribution in [0.25, 0.3) is 0 Å². The Balaban J connectivity index is 3.30. The van der Waals surface area contributed by atoms with Crippen LogP contribution in [0.5, 0.6) is 0 Å². The van der Waals surface area contributed by atoms with Gasteiger partial charge in [-0.2, -0.15) is 5.26 Å². The highest BCUT2D eigenvalue weighted by Crippen LogP contribution is 1.99. The SMILES string of the molecule is CCCn1ccc(C)c(C#N)c1=N. The largest absolute Gasteiger partial charge is 0.332 e. The third-order valence-corrected chi connectivity index (χ3v) is 2.00. The van der Waals surface area contributed by atoms with Gasteiger partial charge in [0, 0.05) is 12.7 Å². The van der Waals surface area contributed by atoms with Gasteiger partial charge in [-0.05, 0) is 25.0 Å². The third kappa shape index (κ3) is 1.78. The molecule has 1 N–H and O–H groups in total. The van der Waals surface area contributed by atoms with Crippen LogP contribution in [0.4, 0.5) is 0 Å². The molecule has 0 spiro atoms. The van der Waals surface area contributed by atoms with Crippen LogP contribution in [0.2, 0.25) is 0 Å². The second kappa shape index (κ2) is 3.90. The molecule has 0 radical (unpaired) electrons. The van der Waals surface area contributed by atoms with Gasteiger partial charge in [0.15, 0.2) is 0 Å². The van der Waals surface area contributed by atoms with E-state index in [-0.39, 0.29) is 0 Å². The van der Waals surface area contributed by atoms with Crippen molar-refractivity contribution in [1.82, 2.24) is 4.57 Å². The Hall–Kier alpha value is -1.56. The zero-order valence-electron chi connectivity index (χ0n) is 7.96. The van der Waals surface area contributed by atoms with Gasteiger partial charge < -0.3 is 4.57 Å². The summed E-state index contributed by atoms with van der Waals surface area (Å²) in [6, 6.07) is 3.94. The molecule has 0 aliphatic rings. The Labute approximate surface area is 77.8 Å². The summed E-state index contributed by atoms with van der Waals surface area (Å²) in [5, 5.41) is 16.5. The van der Waals surface area contributed by atoms with Crippen molar-refractivity contribution >= 4 is 0 Å². The van der Waals surface area contributed by atoms with E-state index in [4.69, 9.17) is 10.7 Å². The molecular weight excluding hydrogens is 162 g/mol. The van der Waals surface area contributed by atoms with Crippen molar-refractivity contribution in [2.45, 2.75) is 26.8 Å². The molecule has 0 aromatic carbocycles. The molecular formula is C10H13N3. The minimum absolute atomic E-state index is 0.323. The molecule has 0 saturated carbocycles. The summed E-state index contributed by atoms with van der Waals surface area (Å²) < 4.78 is 1.80. The van der Waals surface area contributed by atoms with E-state index in [1.807, 2.05) is 19.2 Å². The van der Waals surface area contributed by atoms with Gasteiger partial charge in [0.1, 0.15) is 11.6 Å². The van der Waals surface area contributed by atoms with Crippen LogP contribution in [-0.4, -0.2) is 4.57 Å². The summed E-state index contributed by atoms with van der Waals surface area (Å²) >= 11 is 0. The summed E-state index contributed by atoms with van der Waals surface area (Å²) in [4.78, 5) is 0. The van der Waals surface area contributed by atoms with E-state index in [2.05, 4.69) is 13.0 Å². The average molecular weight is 175 g/mol. The van der Waals surface area contributed by atoms with Crippen molar-refractivity contribution in [3.05, 3.63) is 28.9 Å². The quantitative estimate of drug-likeness (QED) is 0.728. The lowest BCUT2D eigenvalue weighted by Crippen LogP contribution is -2.22. The minimum atomic E-state index is 0.323. The van der Waals surface area contributed by atoms with Crippen molar-refractivity contribution in [3.8, 4) is 6.07 Å². The Morgan fingerprint density at radius 1 is 1.62 bits per heavy atom. The van der Waals surface area contributed by atoms with Gasteiger partial charge in [0.2, 0.25) is 0 Å². The first-order chi connectivity index (χ1) is 6.20. The second-order valence-corrected chi connectivity index (χ2v) is 3.03. The van der Waals surface area contributed by atoms with Crippen LogP contribution < -0.4 is 5.49 Å². The maximum atomic E-state index is 8.81. The molecule has 1 aromatic rings. The van der Waals surface area contributed by atoms with Gasteiger partial charge >= 0.3 is 0 Å². The maximum Gasteiger partial charge on any atom is 0.143 e. The van der Waals surface area contributed by atoms with Gasteiger partial charge in [-0.15, -0.1) is 0 Å². The van der Waals surface area contributed by atoms with Gasteiger partial charge in [-0.1, -0.05) is 6.92 Å². The molecule has 0 aliphatic heterocycles. The Morgan fingerprint density at radius 3 is 2.85 bits per heavy atom. The molecule has 0 aliphatic carbocycles. The molecule has 0 atom stereocenters. The lowest BCUT2D eigenvalue weighted by Gasteiger charge is -2.06. The van der Waals surface area contributed by atoms with Gasteiger partial charge in [0.25, 0.3) is 0 Å². The summed E-state index contributed by atoms with van der Waals surface area (Å²) in [5.74, 6) is 0. The number of hydrogen-bond donors (Lipinski definition) is 1. The first-order valence-electron chi connectivity index (χ1n) is 4.35. The Morgan fingerprint density at radius 2 is 2.31 bits per heavy atom. The van der Waals surface area contributed by atoms with Crippen molar-refractivity contribution < 1.29 is 0 Å². The molecule has 3 nitrogen and oxygen atoms in total. The van der Waals surface area contributed by atoms with Gasteiger partial charge in [-0.3, -0.25) is 5.41 Å². The molecule has 1 heterocycles. The molecule has 1 aromatic heterocycles. The topological polar surface area (TPSA) is 52.6 Å². The van der Waals surface area contributed by atoms with E-state index >= 15 is 0 Å². The molecule has 0 amide bonds. The zero-order chi connectivity index (χ0) is 9.84. The smallest absolute Gasteiger partial charge is 0.143 e. The molecule has 0 saturated heterocycles. The summed E-state index contributed by atoms with van der Waals surface area (Å²) in [6.45, 7) is 4.71. The number of pyridine rings is 1.